The SMILES string of the molecule is CCCCCCNC(=O)CC1(NC)CCCCC1. The van der Waals surface area contributed by atoms with Gasteiger partial charge in [0.2, 0.25) is 5.91 Å². The molecule has 1 aliphatic carbocycles. The first-order chi connectivity index (χ1) is 8.72. The van der Waals surface area contributed by atoms with Crippen molar-refractivity contribution in [2.75, 3.05) is 13.6 Å². The van der Waals surface area contributed by atoms with E-state index in [1.165, 1.54) is 38.5 Å². The highest BCUT2D eigenvalue weighted by molar-refractivity contribution is 5.77. The highest BCUT2D eigenvalue weighted by Crippen LogP contribution is 2.30. The van der Waals surface area contributed by atoms with Gasteiger partial charge in [-0.15, -0.1) is 0 Å². The Kier molecular flexibility index (Phi) is 7.33. The maximum Gasteiger partial charge on any atom is 0.221 e. The van der Waals surface area contributed by atoms with Gasteiger partial charge >= 0.3 is 0 Å². The molecular formula is C15H30N2O. The van der Waals surface area contributed by atoms with Crippen LogP contribution >= 0.6 is 0 Å². The first kappa shape index (κ1) is 15.5. The van der Waals surface area contributed by atoms with E-state index in [9.17, 15) is 4.79 Å². The number of carbonyl (C=O) groups excluding carboxylic acids is 1. The van der Waals surface area contributed by atoms with E-state index >= 15 is 0 Å². The molecule has 3 nitrogen and oxygen atoms in total. The van der Waals surface area contributed by atoms with Gasteiger partial charge < -0.3 is 10.6 Å². The smallest absolute Gasteiger partial charge is 0.221 e. The molecule has 0 spiro atoms. The molecule has 0 bridgehead atoms. The van der Waals surface area contributed by atoms with Crippen molar-refractivity contribution in [3.05, 3.63) is 0 Å². The van der Waals surface area contributed by atoms with Crippen LogP contribution < -0.4 is 10.6 Å². The van der Waals surface area contributed by atoms with E-state index in [1.807, 2.05) is 7.05 Å². The molecule has 0 heterocycles. The van der Waals surface area contributed by atoms with Gasteiger partial charge in [-0.3, -0.25) is 4.79 Å². The molecule has 0 radical (unpaired) electrons. The molecule has 0 aromatic rings. The Morgan fingerprint density at radius 1 is 1.11 bits per heavy atom. The highest BCUT2D eigenvalue weighted by Gasteiger charge is 2.32. The molecule has 1 saturated carbocycles. The minimum Gasteiger partial charge on any atom is -0.356 e. The Morgan fingerprint density at radius 3 is 2.44 bits per heavy atom. The quantitative estimate of drug-likeness (QED) is 0.654. The molecule has 0 aliphatic heterocycles. The maximum absolute atomic E-state index is 12.0. The molecule has 0 aromatic carbocycles. The van der Waals surface area contributed by atoms with Crippen LogP contribution in [0.3, 0.4) is 0 Å². The van der Waals surface area contributed by atoms with E-state index in [4.69, 9.17) is 0 Å². The monoisotopic (exact) mass is 254 g/mol. The molecule has 1 rings (SSSR count). The molecule has 0 saturated heterocycles. The average molecular weight is 254 g/mol. The summed E-state index contributed by atoms with van der Waals surface area (Å²) in [5, 5.41) is 6.47. The molecule has 0 aromatic heterocycles. The van der Waals surface area contributed by atoms with Crippen molar-refractivity contribution in [1.29, 1.82) is 0 Å². The molecule has 3 heteroatoms. The predicted octanol–water partition coefficient (Wildman–Crippen LogP) is 3.00. The molecule has 1 fully saturated rings. The molecule has 106 valence electrons. The number of hydrogen-bond donors (Lipinski definition) is 2. The summed E-state index contributed by atoms with van der Waals surface area (Å²) in [7, 11) is 2.00. The van der Waals surface area contributed by atoms with E-state index < -0.39 is 0 Å². The third kappa shape index (κ3) is 5.38. The van der Waals surface area contributed by atoms with Crippen LogP contribution in [-0.4, -0.2) is 25.0 Å². The van der Waals surface area contributed by atoms with E-state index in [0.717, 1.165) is 25.8 Å². The molecule has 0 atom stereocenters. The molecule has 0 unspecified atom stereocenters. The van der Waals surface area contributed by atoms with Crippen molar-refractivity contribution in [3.8, 4) is 0 Å². The summed E-state index contributed by atoms with van der Waals surface area (Å²) in [6.45, 7) is 3.05. The minimum absolute atomic E-state index is 0.0752. The van der Waals surface area contributed by atoms with Crippen LogP contribution in [0.5, 0.6) is 0 Å². The van der Waals surface area contributed by atoms with Gasteiger partial charge in [0.25, 0.3) is 0 Å². The number of unbranched alkanes of at least 4 members (excludes halogenated alkanes) is 3. The van der Waals surface area contributed by atoms with E-state index in [2.05, 4.69) is 17.6 Å². The van der Waals surface area contributed by atoms with Crippen molar-refractivity contribution in [2.24, 2.45) is 0 Å². The van der Waals surface area contributed by atoms with Crippen LogP contribution in [0.1, 0.15) is 71.1 Å². The fourth-order valence-electron chi connectivity index (χ4n) is 2.89. The van der Waals surface area contributed by atoms with Crippen LogP contribution in [0, 0.1) is 0 Å². The van der Waals surface area contributed by atoms with Gasteiger partial charge in [0.05, 0.1) is 0 Å². The topological polar surface area (TPSA) is 41.1 Å². The Labute approximate surface area is 112 Å². The van der Waals surface area contributed by atoms with Crippen LogP contribution in [-0.2, 0) is 4.79 Å². The lowest BCUT2D eigenvalue weighted by molar-refractivity contribution is -0.122. The van der Waals surface area contributed by atoms with Crippen molar-refractivity contribution in [2.45, 2.75) is 76.7 Å². The summed E-state index contributed by atoms with van der Waals surface area (Å²) in [5.41, 5.74) is 0.0752. The van der Waals surface area contributed by atoms with Crippen LogP contribution in [0.25, 0.3) is 0 Å². The number of rotatable bonds is 8. The second-order valence-corrected chi connectivity index (χ2v) is 5.68. The summed E-state index contributed by atoms with van der Waals surface area (Å²) < 4.78 is 0. The molecule has 2 N–H and O–H groups in total. The zero-order chi connectivity index (χ0) is 13.3. The molecular weight excluding hydrogens is 224 g/mol. The second kappa shape index (κ2) is 8.52. The van der Waals surface area contributed by atoms with E-state index in [0.29, 0.717) is 6.42 Å². The van der Waals surface area contributed by atoms with Crippen LogP contribution in [0.15, 0.2) is 0 Å². The number of amides is 1. The van der Waals surface area contributed by atoms with Crippen molar-refractivity contribution < 1.29 is 4.79 Å². The van der Waals surface area contributed by atoms with Gasteiger partial charge in [-0.05, 0) is 26.3 Å². The molecule has 1 amide bonds. The summed E-state index contributed by atoms with van der Waals surface area (Å²) >= 11 is 0. The standard InChI is InChI=1S/C15H30N2O/c1-3-4-5-9-12-17-14(18)13-15(16-2)10-7-6-8-11-15/h16H,3-13H2,1-2H3,(H,17,18). The average Bonchev–Trinajstić information content (AvgIpc) is 2.39. The minimum atomic E-state index is 0.0752. The van der Waals surface area contributed by atoms with Crippen molar-refractivity contribution in [1.82, 2.24) is 10.6 Å². The Balaban J connectivity index is 2.20. The van der Waals surface area contributed by atoms with E-state index in [1.54, 1.807) is 0 Å². The fraction of sp³-hybridized carbons (Fsp3) is 0.933. The summed E-state index contributed by atoms with van der Waals surface area (Å²) in [5.74, 6) is 0.225. The second-order valence-electron chi connectivity index (χ2n) is 5.68. The maximum atomic E-state index is 12.0. The Bertz CT molecular complexity index is 235. The lowest BCUT2D eigenvalue weighted by Gasteiger charge is -2.36. The molecule has 18 heavy (non-hydrogen) atoms. The highest BCUT2D eigenvalue weighted by atomic mass is 16.1. The Morgan fingerprint density at radius 2 is 1.83 bits per heavy atom. The number of hydrogen-bond acceptors (Lipinski definition) is 2. The largest absolute Gasteiger partial charge is 0.356 e. The van der Waals surface area contributed by atoms with Gasteiger partial charge in [-0.25, -0.2) is 0 Å². The fourth-order valence-corrected chi connectivity index (χ4v) is 2.89. The first-order valence-electron chi connectivity index (χ1n) is 7.68. The molecule has 1 aliphatic rings. The predicted molar refractivity (Wildman–Crippen MR) is 76.6 cm³/mol. The lowest BCUT2D eigenvalue weighted by atomic mass is 9.79. The van der Waals surface area contributed by atoms with Crippen molar-refractivity contribution in [3.63, 3.8) is 0 Å². The zero-order valence-electron chi connectivity index (χ0n) is 12.2. The summed E-state index contributed by atoms with van der Waals surface area (Å²) in [4.78, 5) is 12.0. The van der Waals surface area contributed by atoms with Crippen LogP contribution in [0.4, 0.5) is 0 Å². The third-order valence-corrected chi connectivity index (χ3v) is 4.19. The van der Waals surface area contributed by atoms with Gasteiger partial charge in [-0.1, -0.05) is 45.4 Å². The number of carbonyl (C=O) groups is 1. The van der Waals surface area contributed by atoms with Gasteiger partial charge in [-0.2, -0.15) is 0 Å². The van der Waals surface area contributed by atoms with Crippen molar-refractivity contribution >= 4 is 5.91 Å². The van der Waals surface area contributed by atoms with Crippen LogP contribution in [0.2, 0.25) is 0 Å². The first-order valence-corrected chi connectivity index (χ1v) is 7.68. The zero-order valence-corrected chi connectivity index (χ0v) is 12.2. The lowest BCUT2D eigenvalue weighted by Crippen LogP contribution is -2.48. The summed E-state index contributed by atoms with van der Waals surface area (Å²) in [6, 6.07) is 0. The van der Waals surface area contributed by atoms with Gasteiger partial charge in [0, 0.05) is 18.5 Å². The third-order valence-electron chi connectivity index (χ3n) is 4.19. The normalized spacial score (nSPS) is 18.6. The Hall–Kier alpha value is -0.570. The number of nitrogens with one attached hydrogen (secondary N) is 2. The summed E-state index contributed by atoms with van der Waals surface area (Å²) in [6.07, 6.45) is 11.6. The van der Waals surface area contributed by atoms with Gasteiger partial charge in [0.15, 0.2) is 0 Å². The van der Waals surface area contributed by atoms with E-state index in [-0.39, 0.29) is 11.4 Å². The van der Waals surface area contributed by atoms with Gasteiger partial charge in [0.1, 0.15) is 0 Å².